The zero-order valence-corrected chi connectivity index (χ0v) is 11.4. The Hall–Kier alpha value is -0.990. The summed E-state index contributed by atoms with van der Waals surface area (Å²) < 4.78 is 2.34. The van der Waals surface area contributed by atoms with Crippen LogP contribution in [0.5, 0.6) is 0 Å². The van der Waals surface area contributed by atoms with Gasteiger partial charge in [-0.1, -0.05) is 26.2 Å². The van der Waals surface area contributed by atoms with E-state index in [2.05, 4.69) is 41.8 Å². The topological polar surface area (TPSA) is 29.9 Å². The normalized spacial score (nSPS) is 18.3. The van der Waals surface area contributed by atoms with E-state index in [9.17, 15) is 0 Å². The minimum Gasteiger partial charge on any atom is -0.351 e. The molecule has 1 aliphatic carbocycles. The molecule has 0 spiro atoms. The van der Waals surface area contributed by atoms with Gasteiger partial charge >= 0.3 is 0 Å². The van der Waals surface area contributed by atoms with Crippen molar-refractivity contribution < 1.29 is 0 Å². The largest absolute Gasteiger partial charge is 0.351 e. The summed E-state index contributed by atoms with van der Waals surface area (Å²) in [6.07, 6.45) is 11.9. The Morgan fingerprint density at radius 3 is 2.71 bits per heavy atom. The summed E-state index contributed by atoms with van der Waals surface area (Å²) in [7, 11) is 0. The molecule has 3 nitrogen and oxygen atoms in total. The van der Waals surface area contributed by atoms with Crippen LogP contribution in [0.1, 0.15) is 65.3 Å². The molecule has 2 rings (SSSR count). The van der Waals surface area contributed by atoms with Gasteiger partial charge in [-0.2, -0.15) is 0 Å². The number of anilines is 1. The highest BCUT2D eigenvalue weighted by molar-refractivity contribution is 5.30. The summed E-state index contributed by atoms with van der Waals surface area (Å²) in [4.78, 5) is 4.48. The van der Waals surface area contributed by atoms with Crippen molar-refractivity contribution in [3.63, 3.8) is 0 Å². The third-order valence-corrected chi connectivity index (χ3v) is 3.97. The maximum atomic E-state index is 4.48. The Balaban J connectivity index is 2.10. The predicted octanol–water partition coefficient (Wildman–Crippen LogP) is 3.99. The van der Waals surface area contributed by atoms with Crippen LogP contribution >= 0.6 is 0 Å². The van der Waals surface area contributed by atoms with E-state index in [-0.39, 0.29) is 5.54 Å². The number of aromatic nitrogens is 2. The fraction of sp³-hybridized carbons (Fsp3) is 0.786. The first-order valence-electron chi connectivity index (χ1n) is 6.93. The van der Waals surface area contributed by atoms with Gasteiger partial charge in [-0.25, -0.2) is 4.98 Å². The summed E-state index contributed by atoms with van der Waals surface area (Å²) >= 11 is 0. The Morgan fingerprint density at radius 2 is 2.06 bits per heavy atom. The third kappa shape index (κ3) is 3.02. The van der Waals surface area contributed by atoms with E-state index in [1.54, 1.807) is 0 Å². The molecule has 0 aromatic carbocycles. The first-order valence-corrected chi connectivity index (χ1v) is 6.93. The average Bonchev–Trinajstić information content (AvgIpc) is 2.77. The number of hydrogen-bond acceptors (Lipinski definition) is 2. The van der Waals surface area contributed by atoms with Gasteiger partial charge in [0.2, 0.25) is 5.95 Å². The molecule has 1 aliphatic rings. The smallest absolute Gasteiger partial charge is 0.203 e. The molecule has 17 heavy (non-hydrogen) atoms. The monoisotopic (exact) mass is 235 g/mol. The van der Waals surface area contributed by atoms with E-state index < -0.39 is 0 Å². The molecule has 0 aliphatic heterocycles. The van der Waals surface area contributed by atoms with Crippen molar-refractivity contribution in [1.82, 2.24) is 9.55 Å². The molecule has 0 saturated heterocycles. The zero-order valence-electron chi connectivity index (χ0n) is 11.4. The first-order chi connectivity index (χ1) is 8.12. The van der Waals surface area contributed by atoms with Crippen LogP contribution < -0.4 is 5.32 Å². The van der Waals surface area contributed by atoms with Crippen molar-refractivity contribution in [2.75, 3.05) is 5.32 Å². The van der Waals surface area contributed by atoms with Crippen molar-refractivity contribution in [2.45, 2.75) is 70.9 Å². The highest BCUT2D eigenvalue weighted by atomic mass is 15.2. The summed E-state index contributed by atoms with van der Waals surface area (Å²) in [6, 6.07) is 0.654. The maximum absolute atomic E-state index is 4.48. The highest BCUT2D eigenvalue weighted by Crippen LogP contribution is 2.31. The molecule has 1 N–H and O–H groups in total. The van der Waals surface area contributed by atoms with E-state index in [1.165, 1.54) is 32.1 Å². The SMILES string of the molecule is CCC(C)(C)Nc1nccn1C1CCCCC1. The van der Waals surface area contributed by atoms with Gasteiger partial charge in [0.25, 0.3) is 0 Å². The molecule has 0 radical (unpaired) electrons. The molecule has 1 fully saturated rings. The summed E-state index contributed by atoms with van der Waals surface area (Å²) in [5, 5.41) is 3.57. The predicted molar refractivity (Wildman–Crippen MR) is 72.3 cm³/mol. The van der Waals surface area contributed by atoms with Gasteiger partial charge in [-0.15, -0.1) is 0 Å². The number of nitrogens with one attached hydrogen (secondary N) is 1. The summed E-state index contributed by atoms with van der Waals surface area (Å²) in [5.74, 6) is 1.05. The van der Waals surface area contributed by atoms with Crippen molar-refractivity contribution in [2.24, 2.45) is 0 Å². The Morgan fingerprint density at radius 1 is 1.35 bits per heavy atom. The maximum Gasteiger partial charge on any atom is 0.203 e. The Kier molecular flexibility index (Phi) is 3.75. The zero-order chi connectivity index (χ0) is 12.3. The molecular formula is C14H25N3. The molecular weight excluding hydrogens is 210 g/mol. The van der Waals surface area contributed by atoms with Crippen LogP contribution in [-0.4, -0.2) is 15.1 Å². The molecule has 3 heteroatoms. The Labute approximate surface area is 105 Å². The van der Waals surface area contributed by atoms with Crippen molar-refractivity contribution in [3.05, 3.63) is 12.4 Å². The molecule has 1 saturated carbocycles. The quantitative estimate of drug-likeness (QED) is 0.855. The Bertz CT molecular complexity index is 348. The van der Waals surface area contributed by atoms with Gasteiger partial charge in [0.1, 0.15) is 0 Å². The fourth-order valence-corrected chi connectivity index (χ4v) is 2.45. The van der Waals surface area contributed by atoms with E-state index in [1.807, 2.05) is 6.20 Å². The van der Waals surface area contributed by atoms with Gasteiger partial charge in [0.15, 0.2) is 0 Å². The lowest BCUT2D eigenvalue weighted by atomic mass is 9.95. The molecule has 1 heterocycles. The van der Waals surface area contributed by atoms with Gasteiger partial charge in [-0.3, -0.25) is 0 Å². The van der Waals surface area contributed by atoms with Crippen LogP contribution in [0.2, 0.25) is 0 Å². The van der Waals surface area contributed by atoms with E-state index in [0.29, 0.717) is 6.04 Å². The van der Waals surface area contributed by atoms with Crippen LogP contribution in [0, 0.1) is 0 Å². The van der Waals surface area contributed by atoms with Crippen LogP contribution in [0.15, 0.2) is 12.4 Å². The van der Waals surface area contributed by atoms with Gasteiger partial charge < -0.3 is 9.88 Å². The number of hydrogen-bond donors (Lipinski definition) is 1. The average molecular weight is 235 g/mol. The first kappa shape index (κ1) is 12.5. The van der Waals surface area contributed by atoms with Crippen molar-refractivity contribution >= 4 is 5.95 Å². The molecule has 1 aromatic heterocycles. The van der Waals surface area contributed by atoms with Gasteiger partial charge in [0, 0.05) is 24.0 Å². The lowest BCUT2D eigenvalue weighted by Crippen LogP contribution is -2.32. The van der Waals surface area contributed by atoms with Crippen LogP contribution in [0.3, 0.4) is 0 Å². The van der Waals surface area contributed by atoms with Crippen LogP contribution in [0.4, 0.5) is 5.95 Å². The van der Waals surface area contributed by atoms with Crippen molar-refractivity contribution in [1.29, 1.82) is 0 Å². The third-order valence-electron chi connectivity index (χ3n) is 3.97. The minimum atomic E-state index is 0.123. The molecule has 0 bridgehead atoms. The summed E-state index contributed by atoms with van der Waals surface area (Å²) in [5.41, 5.74) is 0.123. The van der Waals surface area contributed by atoms with E-state index in [4.69, 9.17) is 0 Å². The minimum absolute atomic E-state index is 0.123. The van der Waals surface area contributed by atoms with Crippen LogP contribution in [0.25, 0.3) is 0 Å². The highest BCUT2D eigenvalue weighted by Gasteiger charge is 2.21. The van der Waals surface area contributed by atoms with Crippen molar-refractivity contribution in [3.8, 4) is 0 Å². The lowest BCUT2D eigenvalue weighted by Gasteiger charge is -2.29. The number of rotatable bonds is 4. The molecule has 0 atom stereocenters. The standard InChI is InChI=1S/C14H25N3/c1-4-14(2,3)16-13-15-10-11-17(13)12-8-6-5-7-9-12/h10-12H,4-9H2,1-3H3,(H,15,16). The second-order valence-electron chi connectivity index (χ2n) is 5.81. The molecule has 96 valence electrons. The second-order valence-corrected chi connectivity index (χ2v) is 5.81. The molecule has 1 aromatic rings. The van der Waals surface area contributed by atoms with E-state index in [0.717, 1.165) is 12.4 Å². The van der Waals surface area contributed by atoms with Crippen LogP contribution in [-0.2, 0) is 0 Å². The number of nitrogens with zero attached hydrogens (tertiary/aromatic N) is 2. The van der Waals surface area contributed by atoms with Gasteiger partial charge in [0.05, 0.1) is 0 Å². The lowest BCUT2D eigenvalue weighted by molar-refractivity contribution is 0.353. The fourth-order valence-electron chi connectivity index (χ4n) is 2.45. The number of imidazole rings is 1. The molecule has 0 amide bonds. The summed E-state index contributed by atoms with van der Waals surface area (Å²) in [6.45, 7) is 6.67. The second kappa shape index (κ2) is 5.11. The van der Waals surface area contributed by atoms with Gasteiger partial charge in [-0.05, 0) is 33.1 Å². The molecule has 0 unspecified atom stereocenters. The van der Waals surface area contributed by atoms with E-state index >= 15 is 0 Å².